The number of carboxylic acids is 1. The molecule has 0 aromatic heterocycles. The summed E-state index contributed by atoms with van der Waals surface area (Å²) < 4.78 is 40.4. The van der Waals surface area contributed by atoms with E-state index in [-0.39, 0.29) is 28.9 Å². The number of benzene rings is 2. The van der Waals surface area contributed by atoms with Gasteiger partial charge < -0.3 is 10.0 Å². The topological polar surface area (TPSA) is 86.7 Å². The summed E-state index contributed by atoms with van der Waals surface area (Å²) in [7, 11) is -0.200. The monoisotopic (exact) mass is 366 g/mol. The zero-order valence-corrected chi connectivity index (χ0v) is 14.6. The number of rotatable bonds is 7. The average Bonchev–Trinajstić information content (AvgIpc) is 2.56. The molecule has 134 valence electrons. The van der Waals surface area contributed by atoms with Crippen molar-refractivity contribution < 1.29 is 22.7 Å². The van der Waals surface area contributed by atoms with E-state index >= 15 is 0 Å². The summed E-state index contributed by atoms with van der Waals surface area (Å²) in [6.07, 6.45) is 0. The second-order valence-electron chi connectivity index (χ2n) is 5.71. The minimum atomic E-state index is -3.79. The lowest BCUT2D eigenvalue weighted by Gasteiger charge is -2.25. The Hall–Kier alpha value is -2.29. The van der Waals surface area contributed by atoms with Crippen molar-refractivity contribution in [1.82, 2.24) is 9.62 Å². The zero-order chi connectivity index (χ0) is 18.6. The van der Waals surface area contributed by atoms with Crippen LogP contribution in [0.4, 0.5) is 4.39 Å². The zero-order valence-electron chi connectivity index (χ0n) is 13.8. The first-order chi connectivity index (χ1) is 11.7. The molecule has 0 heterocycles. The van der Waals surface area contributed by atoms with Crippen molar-refractivity contribution in [2.24, 2.45) is 0 Å². The number of sulfonamides is 1. The normalized spacial score (nSPS) is 13.0. The maximum absolute atomic E-state index is 13.1. The lowest BCUT2D eigenvalue weighted by Crippen LogP contribution is -2.34. The van der Waals surface area contributed by atoms with Gasteiger partial charge >= 0.3 is 5.97 Å². The van der Waals surface area contributed by atoms with Crippen LogP contribution in [0.1, 0.15) is 22.0 Å². The summed E-state index contributed by atoms with van der Waals surface area (Å²) in [5, 5.41) is 8.86. The van der Waals surface area contributed by atoms with Crippen LogP contribution in [-0.4, -0.2) is 45.0 Å². The van der Waals surface area contributed by atoms with Gasteiger partial charge in [-0.1, -0.05) is 12.1 Å². The molecule has 0 saturated carbocycles. The molecule has 0 amide bonds. The summed E-state index contributed by atoms with van der Waals surface area (Å²) in [4.78, 5) is 12.6. The first-order valence-corrected chi connectivity index (χ1v) is 8.94. The molecule has 2 aromatic carbocycles. The standard InChI is InChI=1S/C17H19FN2O4S/c1-20(2)16(12-3-7-14(18)8-4-12)11-19-25(23,24)15-9-5-13(6-10-15)17(21)22/h3-10,16,19H,11H2,1-2H3,(H,21,22). The molecule has 25 heavy (non-hydrogen) atoms. The van der Waals surface area contributed by atoms with Gasteiger partial charge in [0.2, 0.25) is 10.0 Å². The quantitative estimate of drug-likeness (QED) is 0.784. The minimum absolute atomic E-state index is 0.0106. The van der Waals surface area contributed by atoms with Crippen LogP contribution in [0.3, 0.4) is 0 Å². The van der Waals surface area contributed by atoms with E-state index in [0.29, 0.717) is 0 Å². The summed E-state index contributed by atoms with van der Waals surface area (Å²) in [5.74, 6) is -1.48. The fraction of sp³-hybridized carbons (Fsp3) is 0.235. The van der Waals surface area contributed by atoms with Gasteiger partial charge in [0.15, 0.2) is 0 Å². The van der Waals surface area contributed by atoms with E-state index in [4.69, 9.17) is 5.11 Å². The number of carbonyl (C=O) groups is 1. The molecule has 1 unspecified atom stereocenters. The molecule has 0 radical (unpaired) electrons. The lowest BCUT2D eigenvalue weighted by molar-refractivity contribution is 0.0696. The van der Waals surface area contributed by atoms with Crippen molar-refractivity contribution in [3.63, 3.8) is 0 Å². The van der Waals surface area contributed by atoms with E-state index < -0.39 is 16.0 Å². The smallest absolute Gasteiger partial charge is 0.335 e. The summed E-state index contributed by atoms with van der Waals surface area (Å²) in [6, 6.07) is 10.5. The fourth-order valence-corrected chi connectivity index (χ4v) is 3.37. The molecular formula is C17H19FN2O4S. The van der Waals surface area contributed by atoms with Gasteiger partial charge in [0.05, 0.1) is 10.5 Å². The Bertz CT molecular complexity index is 834. The first kappa shape index (κ1) is 19.0. The molecule has 8 heteroatoms. The van der Waals surface area contributed by atoms with Crippen LogP contribution in [0.25, 0.3) is 0 Å². The second kappa shape index (κ2) is 7.73. The van der Waals surface area contributed by atoms with Crippen molar-refractivity contribution in [3.8, 4) is 0 Å². The van der Waals surface area contributed by atoms with Crippen LogP contribution in [0.2, 0.25) is 0 Å². The van der Waals surface area contributed by atoms with Crippen molar-refractivity contribution in [2.75, 3.05) is 20.6 Å². The molecule has 0 aliphatic heterocycles. The molecular weight excluding hydrogens is 347 g/mol. The number of carboxylic acid groups (broad SMARTS) is 1. The highest BCUT2D eigenvalue weighted by molar-refractivity contribution is 7.89. The number of likely N-dealkylation sites (N-methyl/N-ethyl adjacent to an activating group) is 1. The number of aromatic carboxylic acids is 1. The highest BCUT2D eigenvalue weighted by atomic mass is 32.2. The molecule has 0 spiro atoms. The SMILES string of the molecule is CN(C)C(CNS(=O)(=O)c1ccc(C(=O)O)cc1)c1ccc(F)cc1. The van der Waals surface area contributed by atoms with E-state index in [9.17, 15) is 17.6 Å². The van der Waals surface area contributed by atoms with Crippen LogP contribution in [0.15, 0.2) is 53.4 Å². The lowest BCUT2D eigenvalue weighted by atomic mass is 10.1. The molecule has 2 N–H and O–H groups in total. The van der Waals surface area contributed by atoms with Crippen LogP contribution in [0.5, 0.6) is 0 Å². The Kier molecular flexibility index (Phi) is 5.89. The van der Waals surface area contributed by atoms with Gasteiger partial charge in [-0.25, -0.2) is 22.3 Å². The fourth-order valence-electron chi connectivity index (χ4n) is 2.33. The van der Waals surface area contributed by atoms with Gasteiger partial charge in [-0.2, -0.15) is 0 Å². The molecule has 2 aromatic rings. The summed E-state index contributed by atoms with van der Waals surface area (Å²) in [5.41, 5.74) is 0.784. The number of nitrogens with zero attached hydrogens (tertiary/aromatic N) is 1. The van der Waals surface area contributed by atoms with E-state index in [2.05, 4.69) is 4.72 Å². The third-order valence-corrected chi connectivity index (χ3v) is 5.20. The van der Waals surface area contributed by atoms with Crippen molar-refractivity contribution in [2.45, 2.75) is 10.9 Å². The van der Waals surface area contributed by atoms with Crippen LogP contribution >= 0.6 is 0 Å². The van der Waals surface area contributed by atoms with Gasteiger partial charge in [-0.05, 0) is 56.1 Å². The van der Waals surface area contributed by atoms with E-state index in [1.807, 2.05) is 4.90 Å². The Morgan fingerprint density at radius 1 is 1.12 bits per heavy atom. The van der Waals surface area contributed by atoms with Gasteiger partial charge in [-0.3, -0.25) is 0 Å². The van der Waals surface area contributed by atoms with Crippen LogP contribution in [0, 0.1) is 5.82 Å². The van der Waals surface area contributed by atoms with Crippen molar-refractivity contribution in [1.29, 1.82) is 0 Å². The number of nitrogens with one attached hydrogen (secondary N) is 1. The van der Waals surface area contributed by atoms with Gasteiger partial charge in [-0.15, -0.1) is 0 Å². The predicted molar refractivity (Wildman–Crippen MR) is 91.4 cm³/mol. The summed E-state index contributed by atoms with van der Waals surface area (Å²) >= 11 is 0. The number of hydrogen-bond donors (Lipinski definition) is 2. The molecule has 0 bridgehead atoms. The van der Waals surface area contributed by atoms with Crippen molar-refractivity contribution in [3.05, 3.63) is 65.5 Å². The number of hydrogen-bond acceptors (Lipinski definition) is 4. The van der Waals surface area contributed by atoms with E-state index in [0.717, 1.165) is 5.56 Å². The number of halogens is 1. The predicted octanol–water partition coefficient (Wildman–Crippen LogP) is 2.11. The molecule has 0 aliphatic carbocycles. The Labute approximate surface area is 146 Å². The molecule has 0 saturated heterocycles. The van der Waals surface area contributed by atoms with Gasteiger partial charge in [0, 0.05) is 12.6 Å². The molecule has 6 nitrogen and oxygen atoms in total. The first-order valence-electron chi connectivity index (χ1n) is 7.45. The average molecular weight is 366 g/mol. The molecule has 0 fully saturated rings. The van der Waals surface area contributed by atoms with E-state index in [1.54, 1.807) is 26.2 Å². The highest BCUT2D eigenvalue weighted by Crippen LogP contribution is 2.19. The molecule has 2 rings (SSSR count). The van der Waals surface area contributed by atoms with Crippen molar-refractivity contribution >= 4 is 16.0 Å². The molecule has 0 aliphatic rings. The second-order valence-corrected chi connectivity index (χ2v) is 7.48. The highest BCUT2D eigenvalue weighted by Gasteiger charge is 2.20. The Balaban J connectivity index is 2.15. The summed E-state index contributed by atoms with van der Waals surface area (Å²) in [6.45, 7) is 0.0850. The maximum Gasteiger partial charge on any atom is 0.335 e. The van der Waals surface area contributed by atoms with Gasteiger partial charge in [0.25, 0.3) is 0 Å². The Morgan fingerprint density at radius 3 is 2.16 bits per heavy atom. The molecule has 1 atom stereocenters. The maximum atomic E-state index is 13.1. The van der Waals surface area contributed by atoms with Crippen LogP contribution < -0.4 is 4.72 Å². The third-order valence-electron chi connectivity index (χ3n) is 3.76. The van der Waals surface area contributed by atoms with Gasteiger partial charge in [0.1, 0.15) is 5.82 Å². The van der Waals surface area contributed by atoms with Crippen LogP contribution in [-0.2, 0) is 10.0 Å². The minimum Gasteiger partial charge on any atom is -0.478 e. The van der Waals surface area contributed by atoms with E-state index in [1.165, 1.54) is 36.4 Å². The Morgan fingerprint density at radius 2 is 1.68 bits per heavy atom. The largest absolute Gasteiger partial charge is 0.478 e. The third kappa shape index (κ3) is 4.85.